The van der Waals surface area contributed by atoms with Crippen molar-refractivity contribution in [1.82, 2.24) is 15.5 Å². The Kier molecular flexibility index (Phi) is 4.23. The number of nitrogens with one attached hydrogen (secondary N) is 1. The average Bonchev–Trinajstić information content (AvgIpc) is 2.62. The number of carboxylic acids is 1. The predicted octanol–water partition coefficient (Wildman–Crippen LogP) is 0.585. The Bertz CT molecular complexity index is 324. The summed E-state index contributed by atoms with van der Waals surface area (Å²) in [6.45, 7) is 3.87. The Morgan fingerprint density at radius 1 is 1.67 bits per heavy atom. The quantitative estimate of drug-likeness (QED) is 0.718. The highest BCUT2D eigenvalue weighted by Crippen LogP contribution is 2.00. The summed E-state index contributed by atoms with van der Waals surface area (Å²) in [5, 5.41) is 15.1. The molecule has 0 spiro atoms. The van der Waals surface area contributed by atoms with Gasteiger partial charge in [0.25, 0.3) is 0 Å². The Balaban J connectivity index is 2.40. The lowest BCUT2D eigenvalue weighted by Crippen LogP contribution is -2.33. The number of nitrogens with zero attached hydrogens (tertiary/aromatic N) is 2. The lowest BCUT2D eigenvalue weighted by Gasteiger charge is -2.04. The van der Waals surface area contributed by atoms with Gasteiger partial charge in [0.1, 0.15) is 6.04 Å². The van der Waals surface area contributed by atoms with E-state index in [0.29, 0.717) is 11.7 Å². The zero-order valence-corrected chi connectivity index (χ0v) is 8.86. The molecule has 0 saturated heterocycles. The van der Waals surface area contributed by atoms with Crippen molar-refractivity contribution < 1.29 is 14.4 Å². The minimum Gasteiger partial charge on any atom is -0.480 e. The highest BCUT2D eigenvalue weighted by molar-refractivity contribution is 5.72. The van der Waals surface area contributed by atoms with E-state index in [1.54, 1.807) is 6.92 Å². The second-order valence-corrected chi connectivity index (χ2v) is 3.30. The van der Waals surface area contributed by atoms with Crippen molar-refractivity contribution >= 4 is 5.97 Å². The normalized spacial score (nSPS) is 12.7. The van der Waals surface area contributed by atoms with Gasteiger partial charge in [0.15, 0.2) is 5.82 Å². The van der Waals surface area contributed by atoms with Gasteiger partial charge in [0.2, 0.25) is 5.89 Å². The molecule has 6 heteroatoms. The summed E-state index contributed by atoms with van der Waals surface area (Å²) in [6, 6.07) is -0.619. The van der Waals surface area contributed by atoms with Crippen LogP contribution in [0, 0.1) is 0 Å². The highest BCUT2D eigenvalue weighted by Gasteiger charge is 2.12. The van der Waals surface area contributed by atoms with E-state index in [2.05, 4.69) is 15.5 Å². The molecule has 0 aliphatic rings. The van der Waals surface area contributed by atoms with Crippen LogP contribution in [-0.2, 0) is 17.8 Å². The summed E-state index contributed by atoms with van der Waals surface area (Å²) in [5.41, 5.74) is 0. The summed E-state index contributed by atoms with van der Waals surface area (Å²) in [4.78, 5) is 14.6. The minimum atomic E-state index is -0.900. The summed E-state index contributed by atoms with van der Waals surface area (Å²) < 4.78 is 4.93. The van der Waals surface area contributed by atoms with Gasteiger partial charge in [-0.05, 0) is 13.3 Å². The third-order valence-electron chi connectivity index (χ3n) is 1.91. The van der Waals surface area contributed by atoms with Crippen molar-refractivity contribution in [2.45, 2.75) is 39.3 Å². The molecular weight excluding hydrogens is 198 g/mol. The molecule has 1 rings (SSSR count). The maximum absolute atomic E-state index is 10.5. The summed E-state index contributed by atoms with van der Waals surface area (Å²) in [5.74, 6) is 0.187. The third-order valence-corrected chi connectivity index (χ3v) is 1.91. The first kappa shape index (κ1) is 11.6. The zero-order valence-electron chi connectivity index (χ0n) is 8.86. The van der Waals surface area contributed by atoms with Gasteiger partial charge < -0.3 is 9.63 Å². The van der Waals surface area contributed by atoms with Crippen LogP contribution in [0.4, 0.5) is 0 Å². The third kappa shape index (κ3) is 3.67. The smallest absolute Gasteiger partial charge is 0.320 e. The molecule has 0 saturated carbocycles. The summed E-state index contributed by atoms with van der Waals surface area (Å²) >= 11 is 0. The van der Waals surface area contributed by atoms with Gasteiger partial charge >= 0.3 is 5.97 Å². The fourth-order valence-corrected chi connectivity index (χ4v) is 1.01. The van der Waals surface area contributed by atoms with E-state index in [1.807, 2.05) is 6.92 Å². The van der Waals surface area contributed by atoms with Crippen LogP contribution in [0.1, 0.15) is 32.0 Å². The van der Waals surface area contributed by atoms with E-state index >= 15 is 0 Å². The van der Waals surface area contributed by atoms with Crippen molar-refractivity contribution in [3.8, 4) is 0 Å². The van der Waals surface area contributed by atoms with Gasteiger partial charge in [0, 0.05) is 6.42 Å². The Hall–Kier alpha value is -1.43. The number of aryl methyl sites for hydroxylation is 1. The summed E-state index contributed by atoms with van der Waals surface area (Å²) in [7, 11) is 0. The van der Waals surface area contributed by atoms with Crippen LogP contribution in [0.2, 0.25) is 0 Å². The van der Waals surface area contributed by atoms with E-state index in [0.717, 1.165) is 12.8 Å². The van der Waals surface area contributed by atoms with Crippen LogP contribution < -0.4 is 5.32 Å². The van der Waals surface area contributed by atoms with Crippen molar-refractivity contribution in [2.24, 2.45) is 0 Å². The maximum atomic E-state index is 10.5. The average molecular weight is 213 g/mol. The Morgan fingerprint density at radius 2 is 2.40 bits per heavy atom. The number of hydrogen-bond acceptors (Lipinski definition) is 5. The van der Waals surface area contributed by atoms with Gasteiger partial charge in [-0.15, -0.1) is 0 Å². The van der Waals surface area contributed by atoms with Gasteiger partial charge in [-0.25, -0.2) is 0 Å². The first-order valence-electron chi connectivity index (χ1n) is 4.91. The molecule has 0 aliphatic heterocycles. The zero-order chi connectivity index (χ0) is 11.3. The SMILES string of the molecule is CCCc1noc(CNC(C)C(=O)O)n1. The second-order valence-electron chi connectivity index (χ2n) is 3.30. The van der Waals surface area contributed by atoms with Gasteiger partial charge in [-0.3, -0.25) is 10.1 Å². The molecule has 0 aliphatic carbocycles. The monoisotopic (exact) mass is 213 g/mol. The highest BCUT2D eigenvalue weighted by atomic mass is 16.5. The number of aliphatic carboxylic acids is 1. The van der Waals surface area contributed by atoms with Crippen LogP contribution >= 0.6 is 0 Å². The Morgan fingerprint density at radius 3 is 3.00 bits per heavy atom. The van der Waals surface area contributed by atoms with Crippen molar-refractivity contribution in [3.63, 3.8) is 0 Å². The van der Waals surface area contributed by atoms with Crippen molar-refractivity contribution in [1.29, 1.82) is 0 Å². The lowest BCUT2D eigenvalue weighted by molar-refractivity contribution is -0.139. The lowest BCUT2D eigenvalue weighted by atomic mass is 10.3. The van der Waals surface area contributed by atoms with Crippen LogP contribution in [0.5, 0.6) is 0 Å². The number of carboxylic acid groups (broad SMARTS) is 1. The number of aromatic nitrogens is 2. The fourth-order valence-electron chi connectivity index (χ4n) is 1.01. The van der Waals surface area contributed by atoms with Crippen molar-refractivity contribution in [3.05, 3.63) is 11.7 Å². The van der Waals surface area contributed by atoms with Gasteiger partial charge in [0.05, 0.1) is 6.54 Å². The molecule has 0 amide bonds. The maximum Gasteiger partial charge on any atom is 0.320 e. The molecule has 15 heavy (non-hydrogen) atoms. The molecule has 1 aromatic rings. The van der Waals surface area contributed by atoms with E-state index in [9.17, 15) is 4.79 Å². The van der Waals surface area contributed by atoms with Gasteiger partial charge in [-0.2, -0.15) is 4.98 Å². The van der Waals surface area contributed by atoms with Gasteiger partial charge in [-0.1, -0.05) is 12.1 Å². The fraction of sp³-hybridized carbons (Fsp3) is 0.667. The topological polar surface area (TPSA) is 88.2 Å². The molecule has 1 aromatic heterocycles. The van der Waals surface area contributed by atoms with Crippen LogP contribution in [0.15, 0.2) is 4.52 Å². The first-order valence-corrected chi connectivity index (χ1v) is 4.91. The standard InChI is InChI=1S/C9H15N3O3/c1-3-4-7-11-8(15-12-7)5-10-6(2)9(13)14/h6,10H,3-5H2,1-2H3,(H,13,14). The predicted molar refractivity (Wildman–Crippen MR) is 52.2 cm³/mol. The summed E-state index contributed by atoms with van der Waals surface area (Å²) in [6.07, 6.45) is 1.73. The molecule has 0 radical (unpaired) electrons. The largest absolute Gasteiger partial charge is 0.480 e. The molecule has 84 valence electrons. The molecule has 2 N–H and O–H groups in total. The molecule has 0 fully saturated rings. The molecule has 1 atom stereocenters. The van der Waals surface area contributed by atoms with E-state index in [1.165, 1.54) is 0 Å². The van der Waals surface area contributed by atoms with Crippen molar-refractivity contribution in [2.75, 3.05) is 0 Å². The number of hydrogen-bond donors (Lipinski definition) is 2. The second kappa shape index (κ2) is 5.45. The van der Waals surface area contributed by atoms with Crippen LogP contribution in [0.25, 0.3) is 0 Å². The molecular formula is C9H15N3O3. The molecule has 0 aromatic carbocycles. The molecule has 6 nitrogen and oxygen atoms in total. The van der Waals surface area contributed by atoms with E-state index < -0.39 is 12.0 Å². The van der Waals surface area contributed by atoms with Crippen LogP contribution in [0.3, 0.4) is 0 Å². The minimum absolute atomic E-state index is 0.282. The number of rotatable bonds is 6. The Labute approximate surface area is 87.7 Å². The van der Waals surface area contributed by atoms with E-state index in [4.69, 9.17) is 9.63 Å². The number of carbonyl (C=O) groups is 1. The molecule has 0 bridgehead atoms. The molecule has 1 heterocycles. The van der Waals surface area contributed by atoms with Crippen LogP contribution in [-0.4, -0.2) is 27.3 Å². The van der Waals surface area contributed by atoms with E-state index in [-0.39, 0.29) is 6.54 Å². The first-order chi connectivity index (χ1) is 7.13. The molecule has 1 unspecified atom stereocenters.